The molecule has 5 nitrogen and oxygen atoms in total. The molecule has 24 heavy (non-hydrogen) atoms. The SMILES string of the molecule is Cc1cc(C(C)(O)CNCc2csc(-c3ccccn3)n2)c(C)o1. The molecule has 3 aromatic heterocycles. The van der Waals surface area contributed by atoms with Gasteiger partial charge in [-0.1, -0.05) is 6.07 Å². The molecule has 0 amide bonds. The lowest BCUT2D eigenvalue weighted by molar-refractivity contribution is 0.0551. The second-order valence-electron chi connectivity index (χ2n) is 6.06. The summed E-state index contributed by atoms with van der Waals surface area (Å²) in [6, 6.07) is 7.68. The van der Waals surface area contributed by atoms with Gasteiger partial charge in [-0.05, 0) is 39.0 Å². The highest BCUT2D eigenvalue weighted by Gasteiger charge is 2.27. The van der Waals surface area contributed by atoms with Crippen LogP contribution in [0.4, 0.5) is 0 Å². The molecule has 3 rings (SSSR count). The first kappa shape index (κ1) is 16.8. The van der Waals surface area contributed by atoms with E-state index >= 15 is 0 Å². The van der Waals surface area contributed by atoms with Crippen molar-refractivity contribution in [3.63, 3.8) is 0 Å². The van der Waals surface area contributed by atoms with Crippen molar-refractivity contribution in [2.75, 3.05) is 6.54 Å². The van der Waals surface area contributed by atoms with E-state index in [1.54, 1.807) is 24.5 Å². The van der Waals surface area contributed by atoms with Crippen molar-refractivity contribution in [1.29, 1.82) is 0 Å². The third kappa shape index (κ3) is 3.72. The summed E-state index contributed by atoms with van der Waals surface area (Å²) in [4.78, 5) is 8.90. The maximum absolute atomic E-state index is 10.7. The third-order valence-electron chi connectivity index (χ3n) is 3.83. The Bertz CT molecular complexity index is 809. The van der Waals surface area contributed by atoms with Crippen LogP contribution in [0.1, 0.15) is 29.7 Å². The molecule has 0 aliphatic heterocycles. The molecule has 0 aliphatic rings. The summed E-state index contributed by atoms with van der Waals surface area (Å²) in [6.45, 7) is 6.56. The molecule has 0 aromatic carbocycles. The lowest BCUT2D eigenvalue weighted by atomic mass is 9.96. The Hall–Kier alpha value is -2.02. The van der Waals surface area contributed by atoms with Crippen LogP contribution in [-0.4, -0.2) is 21.6 Å². The molecule has 3 aromatic rings. The van der Waals surface area contributed by atoms with Gasteiger partial charge >= 0.3 is 0 Å². The summed E-state index contributed by atoms with van der Waals surface area (Å²) in [5, 5.41) is 16.9. The monoisotopic (exact) mass is 343 g/mol. The quantitative estimate of drug-likeness (QED) is 0.718. The normalized spacial score (nSPS) is 13.8. The number of furan rings is 1. The fraction of sp³-hybridized carbons (Fsp3) is 0.333. The average Bonchev–Trinajstić information content (AvgIpc) is 3.15. The molecule has 1 atom stereocenters. The van der Waals surface area contributed by atoms with E-state index in [1.807, 2.05) is 43.5 Å². The number of hydrogen-bond acceptors (Lipinski definition) is 6. The van der Waals surface area contributed by atoms with Gasteiger partial charge in [0.15, 0.2) is 0 Å². The first-order valence-electron chi connectivity index (χ1n) is 7.82. The smallest absolute Gasteiger partial charge is 0.142 e. The van der Waals surface area contributed by atoms with Crippen LogP contribution in [0.3, 0.4) is 0 Å². The minimum Gasteiger partial charge on any atom is -0.466 e. The highest BCUT2D eigenvalue weighted by molar-refractivity contribution is 7.13. The number of aliphatic hydroxyl groups is 1. The second-order valence-corrected chi connectivity index (χ2v) is 6.92. The zero-order chi connectivity index (χ0) is 17.2. The highest BCUT2D eigenvalue weighted by Crippen LogP contribution is 2.26. The van der Waals surface area contributed by atoms with Gasteiger partial charge in [0.2, 0.25) is 0 Å². The predicted octanol–water partition coefficient (Wildman–Crippen LogP) is 3.41. The molecule has 2 N–H and O–H groups in total. The fourth-order valence-electron chi connectivity index (χ4n) is 2.69. The van der Waals surface area contributed by atoms with Gasteiger partial charge in [-0.2, -0.15) is 0 Å². The van der Waals surface area contributed by atoms with Crippen molar-refractivity contribution in [2.24, 2.45) is 0 Å². The van der Waals surface area contributed by atoms with Crippen LogP contribution in [-0.2, 0) is 12.1 Å². The lowest BCUT2D eigenvalue weighted by Crippen LogP contribution is -2.35. The van der Waals surface area contributed by atoms with E-state index in [9.17, 15) is 5.11 Å². The number of pyridine rings is 1. The van der Waals surface area contributed by atoms with E-state index in [-0.39, 0.29) is 0 Å². The van der Waals surface area contributed by atoms with Crippen molar-refractivity contribution >= 4 is 11.3 Å². The zero-order valence-corrected chi connectivity index (χ0v) is 14.9. The Morgan fingerprint density at radius 2 is 2.17 bits per heavy atom. The van der Waals surface area contributed by atoms with Crippen LogP contribution in [0, 0.1) is 13.8 Å². The molecule has 0 spiro atoms. The molecule has 126 valence electrons. The lowest BCUT2D eigenvalue weighted by Gasteiger charge is -2.23. The largest absolute Gasteiger partial charge is 0.466 e. The Kier molecular flexibility index (Phi) is 4.80. The molecule has 0 fully saturated rings. The summed E-state index contributed by atoms with van der Waals surface area (Å²) in [5.74, 6) is 1.56. The van der Waals surface area contributed by atoms with E-state index in [1.165, 1.54) is 0 Å². The number of rotatable bonds is 6. The molecule has 0 aliphatic carbocycles. The number of nitrogens with zero attached hydrogens (tertiary/aromatic N) is 2. The number of hydrogen-bond donors (Lipinski definition) is 2. The van der Waals surface area contributed by atoms with Crippen LogP contribution in [0.25, 0.3) is 10.7 Å². The summed E-state index contributed by atoms with van der Waals surface area (Å²) in [7, 11) is 0. The van der Waals surface area contributed by atoms with Crippen molar-refractivity contribution in [3.8, 4) is 10.7 Å². The Balaban J connectivity index is 1.60. The third-order valence-corrected chi connectivity index (χ3v) is 4.75. The molecule has 3 heterocycles. The van der Waals surface area contributed by atoms with Crippen molar-refractivity contribution < 1.29 is 9.52 Å². The Morgan fingerprint density at radius 1 is 1.33 bits per heavy atom. The molecule has 6 heteroatoms. The fourth-order valence-corrected chi connectivity index (χ4v) is 3.48. The van der Waals surface area contributed by atoms with Gasteiger partial charge in [-0.15, -0.1) is 11.3 Å². The van der Waals surface area contributed by atoms with Gasteiger partial charge < -0.3 is 14.8 Å². The summed E-state index contributed by atoms with van der Waals surface area (Å²) < 4.78 is 5.51. The molecule has 0 saturated heterocycles. The van der Waals surface area contributed by atoms with Gasteiger partial charge in [0.05, 0.1) is 11.4 Å². The minimum atomic E-state index is -0.984. The molecule has 0 saturated carbocycles. The van der Waals surface area contributed by atoms with Gasteiger partial charge in [0, 0.05) is 30.2 Å². The van der Waals surface area contributed by atoms with Crippen molar-refractivity contribution in [2.45, 2.75) is 32.9 Å². The number of thiazole rings is 1. The van der Waals surface area contributed by atoms with Crippen LogP contribution in [0.15, 0.2) is 40.3 Å². The van der Waals surface area contributed by atoms with E-state index in [0.29, 0.717) is 13.1 Å². The van der Waals surface area contributed by atoms with Crippen molar-refractivity contribution in [3.05, 3.63) is 58.6 Å². The topological polar surface area (TPSA) is 71.2 Å². The average molecular weight is 343 g/mol. The molecule has 0 bridgehead atoms. The summed E-state index contributed by atoms with van der Waals surface area (Å²) >= 11 is 1.57. The first-order valence-corrected chi connectivity index (χ1v) is 8.70. The van der Waals surface area contributed by atoms with Gasteiger partial charge in [0.25, 0.3) is 0 Å². The van der Waals surface area contributed by atoms with E-state index in [0.717, 1.165) is 33.5 Å². The summed E-state index contributed by atoms with van der Waals surface area (Å²) in [5.41, 5.74) is 1.66. The zero-order valence-electron chi connectivity index (χ0n) is 14.0. The predicted molar refractivity (Wildman–Crippen MR) is 94.8 cm³/mol. The van der Waals surface area contributed by atoms with E-state index in [4.69, 9.17) is 4.42 Å². The van der Waals surface area contributed by atoms with Crippen LogP contribution < -0.4 is 5.32 Å². The second kappa shape index (κ2) is 6.84. The highest BCUT2D eigenvalue weighted by atomic mass is 32.1. The number of aryl methyl sites for hydroxylation is 2. The first-order chi connectivity index (χ1) is 11.5. The number of nitrogens with one attached hydrogen (secondary N) is 1. The number of aromatic nitrogens is 2. The van der Waals surface area contributed by atoms with Gasteiger partial charge in [-0.25, -0.2) is 4.98 Å². The summed E-state index contributed by atoms with van der Waals surface area (Å²) in [6.07, 6.45) is 1.76. The standard InChI is InChI=1S/C18H21N3O2S/c1-12-8-15(13(2)23-12)18(3,22)11-19-9-14-10-24-17(21-14)16-6-4-5-7-20-16/h4-8,10,19,22H,9,11H2,1-3H3. The van der Waals surface area contributed by atoms with Crippen LogP contribution in [0.5, 0.6) is 0 Å². The maximum Gasteiger partial charge on any atom is 0.142 e. The van der Waals surface area contributed by atoms with Crippen LogP contribution in [0.2, 0.25) is 0 Å². The maximum atomic E-state index is 10.7. The minimum absolute atomic E-state index is 0.420. The molecular formula is C18H21N3O2S. The molecular weight excluding hydrogens is 322 g/mol. The van der Waals surface area contributed by atoms with Crippen LogP contribution >= 0.6 is 11.3 Å². The Morgan fingerprint density at radius 3 is 2.83 bits per heavy atom. The Labute approximate surface area is 145 Å². The van der Waals surface area contributed by atoms with E-state index < -0.39 is 5.60 Å². The van der Waals surface area contributed by atoms with Gasteiger partial charge in [-0.3, -0.25) is 4.98 Å². The van der Waals surface area contributed by atoms with Crippen molar-refractivity contribution in [1.82, 2.24) is 15.3 Å². The molecule has 1 unspecified atom stereocenters. The molecule has 0 radical (unpaired) electrons. The van der Waals surface area contributed by atoms with Gasteiger partial charge in [0.1, 0.15) is 22.1 Å². The van der Waals surface area contributed by atoms with E-state index in [2.05, 4.69) is 15.3 Å².